The van der Waals surface area contributed by atoms with Gasteiger partial charge in [-0.25, -0.2) is 0 Å². The quantitative estimate of drug-likeness (QED) is 0.829. The first kappa shape index (κ1) is 15.3. The van der Waals surface area contributed by atoms with Crippen molar-refractivity contribution in [2.24, 2.45) is 5.41 Å². The van der Waals surface area contributed by atoms with Gasteiger partial charge in [-0.15, -0.1) is 0 Å². The number of ether oxygens (including phenoxy) is 1. The van der Waals surface area contributed by atoms with Gasteiger partial charge in [0.1, 0.15) is 5.75 Å². The van der Waals surface area contributed by atoms with Crippen molar-refractivity contribution >= 4 is 11.7 Å². The van der Waals surface area contributed by atoms with Gasteiger partial charge in [0.25, 0.3) is 0 Å². The zero-order valence-corrected chi connectivity index (χ0v) is 12.3. The van der Waals surface area contributed by atoms with Crippen LogP contribution in [0.15, 0.2) is 12.1 Å². The summed E-state index contributed by atoms with van der Waals surface area (Å²) in [6.45, 7) is 8.15. The van der Waals surface area contributed by atoms with Crippen molar-refractivity contribution in [3.8, 4) is 5.75 Å². The average molecular weight is 265 g/mol. The van der Waals surface area contributed by atoms with Crippen LogP contribution in [-0.4, -0.2) is 24.7 Å². The second-order valence-electron chi connectivity index (χ2n) is 5.43. The van der Waals surface area contributed by atoms with Crippen LogP contribution < -0.4 is 10.1 Å². The van der Waals surface area contributed by atoms with Crippen LogP contribution in [0.25, 0.3) is 0 Å². The maximum atomic E-state index is 11.0. The fourth-order valence-corrected chi connectivity index (χ4v) is 1.83. The van der Waals surface area contributed by atoms with Gasteiger partial charge in [-0.3, -0.25) is 4.79 Å². The third-order valence-electron chi connectivity index (χ3n) is 3.60. The SMILES string of the molecule is COc1ccc(NCCC(C)(C)C(=O)O)c(C)c1C. The molecule has 19 heavy (non-hydrogen) atoms. The van der Waals surface area contributed by atoms with Gasteiger partial charge in [0.2, 0.25) is 0 Å². The summed E-state index contributed by atoms with van der Waals surface area (Å²) in [4.78, 5) is 11.0. The Kier molecular flexibility index (Phi) is 4.81. The molecule has 0 atom stereocenters. The van der Waals surface area contributed by atoms with E-state index in [9.17, 15) is 4.79 Å². The first-order valence-electron chi connectivity index (χ1n) is 6.41. The number of methoxy groups -OCH3 is 1. The molecule has 0 unspecified atom stereocenters. The summed E-state index contributed by atoms with van der Waals surface area (Å²) in [5.74, 6) is 0.103. The zero-order chi connectivity index (χ0) is 14.6. The first-order valence-corrected chi connectivity index (χ1v) is 6.41. The van der Waals surface area contributed by atoms with E-state index in [4.69, 9.17) is 9.84 Å². The Labute approximate surface area is 114 Å². The highest BCUT2D eigenvalue weighted by Gasteiger charge is 2.26. The third-order valence-corrected chi connectivity index (χ3v) is 3.60. The fraction of sp³-hybridized carbons (Fsp3) is 0.533. The van der Waals surface area contributed by atoms with Crippen LogP contribution in [0, 0.1) is 19.3 Å². The lowest BCUT2D eigenvalue weighted by atomic mass is 9.89. The Bertz CT molecular complexity index is 467. The molecule has 2 N–H and O–H groups in total. The standard InChI is InChI=1S/C15H23NO3/c1-10-11(2)13(19-5)7-6-12(10)16-9-8-15(3,4)14(17)18/h6-7,16H,8-9H2,1-5H3,(H,17,18). The number of anilines is 1. The van der Waals surface area contributed by atoms with Crippen molar-refractivity contribution < 1.29 is 14.6 Å². The normalized spacial score (nSPS) is 11.2. The summed E-state index contributed by atoms with van der Waals surface area (Å²) in [5.41, 5.74) is 2.56. The number of benzene rings is 1. The highest BCUT2D eigenvalue weighted by Crippen LogP contribution is 2.28. The van der Waals surface area contributed by atoms with Gasteiger partial charge in [0, 0.05) is 12.2 Å². The van der Waals surface area contributed by atoms with Crippen LogP contribution in [0.2, 0.25) is 0 Å². The molecular formula is C15H23NO3. The molecule has 4 heteroatoms. The Balaban J connectivity index is 2.70. The van der Waals surface area contributed by atoms with E-state index in [0.717, 1.165) is 22.6 Å². The minimum atomic E-state index is -0.767. The highest BCUT2D eigenvalue weighted by molar-refractivity contribution is 5.73. The molecule has 106 valence electrons. The number of hydrogen-bond acceptors (Lipinski definition) is 3. The van der Waals surface area contributed by atoms with Crippen LogP contribution in [0.1, 0.15) is 31.4 Å². The lowest BCUT2D eigenvalue weighted by Crippen LogP contribution is -2.26. The number of carboxylic acid groups (broad SMARTS) is 1. The van der Waals surface area contributed by atoms with E-state index in [0.29, 0.717) is 13.0 Å². The van der Waals surface area contributed by atoms with Crippen molar-refractivity contribution in [3.63, 3.8) is 0 Å². The lowest BCUT2D eigenvalue weighted by molar-refractivity contribution is -0.147. The third kappa shape index (κ3) is 3.63. The van der Waals surface area contributed by atoms with Gasteiger partial charge >= 0.3 is 5.97 Å². The number of carboxylic acids is 1. The van der Waals surface area contributed by atoms with Gasteiger partial charge in [0.15, 0.2) is 0 Å². The summed E-state index contributed by atoms with van der Waals surface area (Å²) in [6.07, 6.45) is 0.576. The summed E-state index contributed by atoms with van der Waals surface area (Å²) >= 11 is 0. The molecule has 0 aliphatic rings. The second-order valence-corrected chi connectivity index (χ2v) is 5.43. The second kappa shape index (κ2) is 5.95. The van der Waals surface area contributed by atoms with Crippen molar-refractivity contribution in [2.75, 3.05) is 19.0 Å². The predicted molar refractivity (Wildman–Crippen MR) is 77.0 cm³/mol. The summed E-state index contributed by atoms with van der Waals surface area (Å²) in [7, 11) is 1.66. The van der Waals surface area contributed by atoms with Gasteiger partial charge in [-0.2, -0.15) is 0 Å². The number of nitrogens with one attached hydrogen (secondary N) is 1. The lowest BCUT2D eigenvalue weighted by Gasteiger charge is -2.20. The largest absolute Gasteiger partial charge is 0.496 e. The van der Waals surface area contributed by atoms with Gasteiger partial charge < -0.3 is 15.2 Å². The van der Waals surface area contributed by atoms with Crippen molar-refractivity contribution in [3.05, 3.63) is 23.3 Å². The number of carbonyl (C=O) groups is 1. The molecule has 0 radical (unpaired) electrons. The Hall–Kier alpha value is -1.71. The topological polar surface area (TPSA) is 58.6 Å². The molecule has 0 amide bonds. The summed E-state index contributed by atoms with van der Waals surface area (Å²) in [5, 5.41) is 12.4. The van der Waals surface area contributed by atoms with E-state index in [1.807, 2.05) is 26.0 Å². The van der Waals surface area contributed by atoms with Crippen molar-refractivity contribution in [1.29, 1.82) is 0 Å². The molecule has 4 nitrogen and oxygen atoms in total. The minimum absolute atomic E-state index is 0.576. The highest BCUT2D eigenvalue weighted by atomic mass is 16.5. The molecular weight excluding hydrogens is 242 g/mol. The smallest absolute Gasteiger partial charge is 0.309 e. The molecule has 0 fully saturated rings. The van der Waals surface area contributed by atoms with E-state index in [2.05, 4.69) is 5.32 Å². The predicted octanol–water partition coefficient (Wildman–Crippen LogP) is 3.22. The molecule has 1 rings (SSSR count). The molecule has 0 aliphatic heterocycles. The van der Waals surface area contributed by atoms with E-state index < -0.39 is 11.4 Å². The van der Waals surface area contributed by atoms with E-state index in [1.165, 1.54) is 0 Å². The van der Waals surface area contributed by atoms with Crippen molar-refractivity contribution in [2.45, 2.75) is 34.1 Å². The summed E-state index contributed by atoms with van der Waals surface area (Å²) < 4.78 is 5.27. The van der Waals surface area contributed by atoms with Crippen LogP contribution in [0.3, 0.4) is 0 Å². The molecule has 0 saturated carbocycles. The van der Waals surface area contributed by atoms with E-state index >= 15 is 0 Å². The molecule has 0 aliphatic carbocycles. The van der Waals surface area contributed by atoms with Crippen molar-refractivity contribution in [1.82, 2.24) is 0 Å². The number of rotatable bonds is 6. The monoisotopic (exact) mass is 265 g/mol. The molecule has 0 saturated heterocycles. The fourth-order valence-electron chi connectivity index (χ4n) is 1.83. The average Bonchev–Trinajstić information content (AvgIpc) is 2.34. The maximum absolute atomic E-state index is 11.0. The molecule has 1 aromatic carbocycles. The van der Waals surface area contributed by atoms with Crippen LogP contribution in [0.4, 0.5) is 5.69 Å². The molecule has 0 spiro atoms. The van der Waals surface area contributed by atoms with Gasteiger partial charge in [0.05, 0.1) is 12.5 Å². The Morgan fingerprint density at radius 2 is 1.95 bits per heavy atom. The van der Waals surface area contributed by atoms with E-state index in [-0.39, 0.29) is 0 Å². The molecule has 1 aromatic rings. The molecule has 0 bridgehead atoms. The Morgan fingerprint density at radius 3 is 2.47 bits per heavy atom. The molecule has 0 aromatic heterocycles. The van der Waals surface area contributed by atoms with Crippen LogP contribution >= 0.6 is 0 Å². The van der Waals surface area contributed by atoms with Gasteiger partial charge in [-0.05, 0) is 57.4 Å². The molecule has 0 heterocycles. The Morgan fingerprint density at radius 1 is 1.32 bits per heavy atom. The minimum Gasteiger partial charge on any atom is -0.496 e. The number of hydrogen-bond donors (Lipinski definition) is 2. The number of aliphatic carboxylic acids is 1. The van der Waals surface area contributed by atoms with E-state index in [1.54, 1.807) is 21.0 Å². The maximum Gasteiger partial charge on any atom is 0.309 e. The summed E-state index contributed by atoms with van der Waals surface area (Å²) in [6, 6.07) is 3.89. The van der Waals surface area contributed by atoms with Crippen LogP contribution in [0.5, 0.6) is 5.75 Å². The van der Waals surface area contributed by atoms with Gasteiger partial charge in [-0.1, -0.05) is 0 Å². The van der Waals surface area contributed by atoms with Crippen LogP contribution in [-0.2, 0) is 4.79 Å². The first-order chi connectivity index (χ1) is 8.79. The zero-order valence-electron chi connectivity index (χ0n) is 12.3.